The van der Waals surface area contributed by atoms with Crippen molar-refractivity contribution < 1.29 is 14.7 Å². The zero-order valence-corrected chi connectivity index (χ0v) is 11.4. The monoisotopic (exact) mass is 302 g/mol. The van der Waals surface area contributed by atoms with E-state index in [4.69, 9.17) is 28.3 Å². The van der Waals surface area contributed by atoms with Crippen LogP contribution in [0.3, 0.4) is 0 Å². The highest BCUT2D eigenvalue weighted by molar-refractivity contribution is 6.35. The molecule has 0 saturated heterocycles. The number of carbonyl (C=O) groups excluding carboxylic acids is 1. The molecule has 0 spiro atoms. The maximum Gasteiger partial charge on any atom is 0.326 e. The molecular formula is C12H12Cl2N2O3. The zero-order chi connectivity index (χ0) is 14.0. The van der Waals surface area contributed by atoms with Crippen LogP contribution in [0.2, 0.25) is 10.0 Å². The van der Waals surface area contributed by atoms with E-state index in [-0.39, 0.29) is 18.2 Å². The quantitative estimate of drug-likeness (QED) is 0.871. The fraction of sp³-hybridized carbons (Fsp3) is 0.417. The van der Waals surface area contributed by atoms with Crippen LogP contribution in [0.5, 0.6) is 0 Å². The normalized spacial score (nSPS) is 15.9. The van der Waals surface area contributed by atoms with Crippen LogP contribution >= 0.6 is 23.2 Å². The Bertz CT molecular complexity index is 497. The van der Waals surface area contributed by atoms with Crippen molar-refractivity contribution in [1.82, 2.24) is 10.3 Å². The summed E-state index contributed by atoms with van der Waals surface area (Å²) >= 11 is 11.9. The van der Waals surface area contributed by atoms with Crippen LogP contribution < -0.4 is 5.32 Å². The molecular weight excluding hydrogens is 291 g/mol. The second-order valence-electron chi connectivity index (χ2n) is 4.46. The minimum atomic E-state index is -1.11. The summed E-state index contributed by atoms with van der Waals surface area (Å²) in [4.78, 5) is 26.6. The van der Waals surface area contributed by atoms with Crippen molar-refractivity contribution in [1.29, 1.82) is 0 Å². The molecule has 0 aromatic carbocycles. The van der Waals surface area contributed by atoms with Gasteiger partial charge in [0.2, 0.25) is 5.91 Å². The molecule has 5 nitrogen and oxygen atoms in total. The Morgan fingerprint density at radius 1 is 1.37 bits per heavy atom. The van der Waals surface area contributed by atoms with Crippen molar-refractivity contribution in [2.45, 2.75) is 25.3 Å². The summed E-state index contributed by atoms with van der Waals surface area (Å²) in [6.45, 7) is 0. The number of carboxylic acid groups (broad SMARTS) is 1. The fourth-order valence-electron chi connectivity index (χ4n) is 1.67. The average Bonchev–Trinajstić information content (AvgIpc) is 3.16. The number of carboxylic acids is 1. The third-order valence-corrected chi connectivity index (χ3v) is 3.57. The molecule has 1 atom stereocenters. The van der Waals surface area contributed by atoms with Gasteiger partial charge in [-0.1, -0.05) is 23.2 Å². The van der Waals surface area contributed by atoms with Crippen molar-refractivity contribution in [2.24, 2.45) is 5.92 Å². The van der Waals surface area contributed by atoms with Gasteiger partial charge in [-0.05, 0) is 18.4 Å². The van der Waals surface area contributed by atoms with E-state index in [2.05, 4.69) is 10.3 Å². The maximum atomic E-state index is 11.6. The topological polar surface area (TPSA) is 79.3 Å². The molecule has 102 valence electrons. The Labute approximate surface area is 119 Å². The lowest BCUT2D eigenvalue weighted by Crippen LogP contribution is -2.43. The highest BCUT2D eigenvalue weighted by atomic mass is 35.5. The van der Waals surface area contributed by atoms with Gasteiger partial charge < -0.3 is 10.4 Å². The highest BCUT2D eigenvalue weighted by Gasteiger charge is 2.33. The van der Waals surface area contributed by atoms with Crippen molar-refractivity contribution in [3.63, 3.8) is 0 Å². The van der Waals surface area contributed by atoms with Crippen LogP contribution in [0.1, 0.15) is 18.4 Å². The van der Waals surface area contributed by atoms with Crippen LogP contribution in [-0.4, -0.2) is 28.0 Å². The standard InChI is InChI=1S/C12H12Cl2N2O3/c13-8-4-15-5-9(14)7(8)3-10(12(18)19)16-11(17)6-1-2-6/h4-6,10H,1-3H2,(H,16,17)(H,18,19). The van der Waals surface area contributed by atoms with E-state index in [1.54, 1.807) is 0 Å². The number of halogens is 2. The van der Waals surface area contributed by atoms with Crippen LogP contribution in [0, 0.1) is 5.92 Å². The van der Waals surface area contributed by atoms with E-state index < -0.39 is 12.0 Å². The molecule has 7 heteroatoms. The first kappa shape index (κ1) is 14.1. The number of aliphatic carboxylic acids is 1. The fourth-order valence-corrected chi connectivity index (χ4v) is 2.19. The van der Waals surface area contributed by atoms with Crippen LogP contribution in [0.15, 0.2) is 12.4 Å². The van der Waals surface area contributed by atoms with E-state index in [9.17, 15) is 9.59 Å². The summed E-state index contributed by atoms with van der Waals surface area (Å²) < 4.78 is 0. The number of hydrogen-bond donors (Lipinski definition) is 2. The number of hydrogen-bond acceptors (Lipinski definition) is 3. The van der Waals surface area contributed by atoms with Gasteiger partial charge in [0.1, 0.15) is 6.04 Å². The maximum absolute atomic E-state index is 11.6. The molecule has 1 aliphatic carbocycles. The van der Waals surface area contributed by atoms with E-state index in [0.29, 0.717) is 15.6 Å². The molecule has 2 rings (SSSR count). The molecule has 1 aliphatic rings. The van der Waals surface area contributed by atoms with Gasteiger partial charge in [-0.25, -0.2) is 4.79 Å². The van der Waals surface area contributed by atoms with Crippen LogP contribution in [0.4, 0.5) is 0 Å². The SMILES string of the molecule is O=C(NC(Cc1c(Cl)cncc1Cl)C(=O)O)C1CC1. The summed E-state index contributed by atoms with van der Waals surface area (Å²) in [5.74, 6) is -1.39. The van der Waals surface area contributed by atoms with Crippen molar-refractivity contribution in [3.8, 4) is 0 Å². The van der Waals surface area contributed by atoms with E-state index in [0.717, 1.165) is 12.8 Å². The van der Waals surface area contributed by atoms with Gasteiger partial charge in [0.15, 0.2) is 0 Å². The number of carbonyl (C=O) groups is 2. The molecule has 1 fully saturated rings. The summed E-state index contributed by atoms with van der Waals surface area (Å²) in [6, 6.07) is -1.04. The van der Waals surface area contributed by atoms with E-state index in [1.165, 1.54) is 12.4 Å². The van der Waals surface area contributed by atoms with Gasteiger partial charge >= 0.3 is 5.97 Å². The molecule has 1 amide bonds. The van der Waals surface area contributed by atoms with E-state index >= 15 is 0 Å². The second-order valence-corrected chi connectivity index (χ2v) is 5.27. The second kappa shape index (κ2) is 5.75. The molecule has 0 aliphatic heterocycles. The number of nitrogens with one attached hydrogen (secondary N) is 1. The summed E-state index contributed by atoms with van der Waals surface area (Å²) in [5, 5.41) is 12.2. The van der Waals surface area contributed by atoms with Gasteiger partial charge in [-0.15, -0.1) is 0 Å². The van der Waals surface area contributed by atoms with Gasteiger partial charge in [0.25, 0.3) is 0 Å². The van der Waals surface area contributed by atoms with Crippen LogP contribution in [-0.2, 0) is 16.0 Å². The third kappa shape index (κ3) is 3.58. The van der Waals surface area contributed by atoms with E-state index in [1.807, 2.05) is 0 Å². The first-order valence-corrected chi connectivity index (χ1v) is 6.55. The summed E-state index contributed by atoms with van der Waals surface area (Å²) in [5.41, 5.74) is 0.474. The Morgan fingerprint density at radius 2 is 1.95 bits per heavy atom. The lowest BCUT2D eigenvalue weighted by molar-refractivity contribution is -0.142. The van der Waals surface area contributed by atoms with Crippen molar-refractivity contribution in [3.05, 3.63) is 28.0 Å². The first-order valence-electron chi connectivity index (χ1n) is 5.80. The lowest BCUT2D eigenvalue weighted by atomic mass is 10.1. The predicted octanol–water partition coefficient (Wildman–Crippen LogP) is 1.91. The third-order valence-electron chi connectivity index (χ3n) is 2.92. The average molecular weight is 303 g/mol. The smallest absolute Gasteiger partial charge is 0.326 e. The Hall–Kier alpha value is -1.33. The summed E-state index contributed by atoms with van der Waals surface area (Å²) in [6.07, 6.45) is 4.45. The number of nitrogens with zero attached hydrogens (tertiary/aromatic N) is 1. The zero-order valence-electron chi connectivity index (χ0n) is 9.90. The largest absolute Gasteiger partial charge is 0.480 e. The van der Waals surface area contributed by atoms with Crippen molar-refractivity contribution >= 4 is 35.1 Å². The molecule has 2 N–H and O–H groups in total. The number of amides is 1. The minimum Gasteiger partial charge on any atom is -0.480 e. The molecule has 1 aromatic heterocycles. The number of aromatic nitrogens is 1. The Morgan fingerprint density at radius 3 is 2.42 bits per heavy atom. The van der Waals surface area contributed by atoms with Crippen LogP contribution in [0.25, 0.3) is 0 Å². The minimum absolute atomic E-state index is 0.0357. The molecule has 1 heterocycles. The van der Waals surface area contributed by atoms with Gasteiger partial charge in [-0.2, -0.15) is 0 Å². The molecule has 1 saturated carbocycles. The molecule has 19 heavy (non-hydrogen) atoms. The van der Waals surface area contributed by atoms with Gasteiger partial charge in [0.05, 0.1) is 10.0 Å². The van der Waals surface area contributed by atoms with Gasteiger partial charge in [-0.3, -0.25) is 9.78 Å². The Balaban J connectivity index is 2.11. The lowest BCUT2D eigenvalue weighted by Gasteiger charge is -2.15. The number of pyridine rings is 1. The predicted molar refractivity (Wildman–Crippen MR) is 70.3 cm³/mol. The number of rotatable bonds is 5. The van der Waals surface area contributed by atoms with Crippen molar-refractivity contribution in [2.75, 3.05) is 0 Å². The molecule has 0 bridgehead atoms. The highest BCUT2D eigenvalue weighted by Crippen LogP contribution is 2.29. The Kier molecular flexibility index (Phi) is 4.27. The molecule has 1 unspecified atom stereocenters. The molecule has 0 radical (unpaired) electrons. The van der Waals surface area contributed by atoms with Gasteiger partial charge in [0, 0.05) is 24.7 Å². The first-order chi connectivity index (χ1) is 8.99. The molecule has 1 aromatic rings. The summed E-state index contributed by atoms with van der Waals surface area (Å²) in [7, 11) is 0.